The molecule has 0 aliphatic carbocycles. The molecule has 0 saturated heterocycles. The van der Waals surface area contributed by atoms with Gasteiger partial charge in [0.15, 0.2) is 21.3 Å². The second-order valence-electron chi connectivity index (χ2n) is 6.32. The zero-order valence-corrected chi connectivity index (χ0v) is 17.0. The fourth-order valence-electron chi connectivity index (χ4n) is 3.19. The Hall–Kier alpha value is -2.52. The van der Waals surface area contributed by atoms with Crippen LogP contribution in [0.25, 0.3) is 0 Å². The summed E-state index contributed by atoms with van der Waals surface area (Å²) in [6.45, 7) is 1.94. The van der Waals surface area contributed by atoms with Gasteiger partial charge in [-0.3, -0.25) is 10.0 Å². The summed E-state index contributed by atoms with van der Waals surface area (Å²) in [5, 5.41) is 8.15. The van der Waals surface area contributed by atoms with Crippen LogP contribution in [0.1, 0.15) is 37.8 Å². The van der Waals surface area contributed by atoms with Crippen LogP contribution in [0, 0.1) is 0 Å². The number of aromatic nitrogens is 1. The van der Waals surface area contributed by atoms with Crippen LogP contribution in [0.15, 0.2) is 41.4 Å². The number of sulfone groups is 1. The van der Waals surface area contributed by atoms with Gasteiger partial charge in [-0.1, -0.05) is 19.8 Å². The molecule has 0 fully saturated rings. The normalized spacial score (nSPS) is 13.6. The van der Waals surface area contributed by atoms with Gasteiger partial charge < -0.3 is 14.5 Å². The summed E-state index contributed by atoms with van der Waals surface area (Å²) in [5.41, 5.74) is 2.02. The lowest BCUT2D eigenvalue weighted by Crippen LogP contribution is -2.39. The number of carbonyl (C=O) groups excluding carboxylic acids is 1. The molecule has 154 valence electrons. The van der Waals surface area contributed by atoms with Crippen molar-refractivity contribution in [3.8, 4) is 11.5 Å². The van der Waals surface area contributed by atoms with Gasteiger partial charge in [0.2, 0.25) is 0 Å². The third-order valence-electron chi connectivity index (χ3n) is 4.65. The SMILES string of the molecule is CCCCC(C(C(=O)NO)c1ccc[nH]1)S(=O)(=O)c1ccc(OC)c(OC)c1. The van der Waals surface area contributed by atoms with E-state index in [1.54, 1.807) is 23.8 Å². The molecule has 2 unspecified atom stereocenters. The lowest BCUT2D eigenvalue weighted by Gasteiger charge is -2.25. The number of methoxy groups -OCH3 is 2. The van der Waals surface area contributed by atoms with Crippen LogP contribution in [-0.4, -0.2) is 44.0 Å². The van der Waals surface area contributed by atoms with E-state index >= 15 is 0 Å². The highest BCUT2D eigenvalue weighted by Gasteiger charge is 2.40. The molecule has 1 aromatic heterocycles. The fourth-order valence-corrected chi connectivity index (χ4v) is 5.18. The summed E-state index contributed by atoms with van der Waals surface area (Å²) >= 11 is 0. The number of aromatic amines is 1. The lowest BCUT2D eigenvalue weighted by atomic mass is 9.96. The standard InChI is InChI=1S/C19H26N2O6S/c1-4-5-8-17(18(19(22)21-23)14-7-6-11-20-14)28(24,25)13-9-10-15(26-2)16(12-13)27-3/h6-7,9-12,17-18,20,23H,4-5,8H2,1-3H3,(H,21,22). The number of rotatable bonds is 10. The Morgan fingerprint density at radius 3 is 2.46 bits per heavy atom. The van der Waals surface area contributed by atoms with Crippen LogP contribution in [0.4, 0.5) is 0 Å². The smallest absolute Gasteiger partial charge is 0.253 e. The highest BCUT2D eigenvalue weighted by molar-refractivity contribution is 7.92. The topological polar surface area (TPSA) is 118 Å². The monoisotopic (exact) mass is 410 g/mol. The summed E-state index contributed by atoms with van der Waals surface area (Å²) in [7, 11) is -1.06. The van der Waals surface area contributed by atoms with E-state index in [2.05, 4.69) is 4.98 Å². The maximum absolute atomic E-state index is 13.5. The average Bonchev–Trinajstić information content (AvgIpc) is 3.23. The lowest BCUT2D eigenvalue weighted by molar-refractivity contribution is -0.130. The number of amides is 1. The minimum absolute atomic E-state index is 0.0218. The Bertz CT molecular complexity index is 880. The molecule has 0 radical (unpaired) electrons. The first-order chi connectivity index (χ1) is 13.4. The van der Waals surface area contributed by atoms with Crippen molar-refractivity contribution < 1.29 is 27.9 Å². The summed E-state index contributed by atoms with van der Waals surface area (Å²) in [5.74, 6) is -1.20. The maximum atomic E-state index is 13.5. The Kier molecular flexibility index (Phi) is 7.47. The molecular formula is C19H26N2O6S. The number of ether oxygens (including phenoxy) is 2. The van der Waals surface area contributed by atoms with Gasteiger partial charge in [-0.2, -0.15) is 0 Å². The highest BCUT2D eigenvalue weighted by atomic mass is 32.2. The van der Waals surface area contributed by atoms with Crippen LogP contribution in [0.5, 0.6) is 11.5 Å². The average molecular weight is 410 g/mol. The van der Waals surface area contributed by atoms with Gasteiger partial charge in [0.05, 0.1) is 30.3 Å². The van der Waals surface area contributed by atoms with Crippen molar-refractivity contribution in [1.82, 2.24) is 10.5 Å². The van der Waals surface area contributed by atoms with E-state index < -0.39 is 26.9 Å². The molecule has 0 aliphatic heterocycles. The maximum Gasteiger partial charge on any atom is 0.253 e. The summed E-state index contributed by atoms with van der Waals surface area (Å²) in [6.07, 6.45) is 3.22. The predicted molar refractivity (Wildman–Crippen MR) is 104 cm³/mol. The summed E-state index contributed by atoms with van der Waals surface area (Å²) < 4.78 is 37.4. The van der Waals surface area contributed by atoms with E-state index in [9.17, 15) is 18.4 Å². The first-order valence-corrected chi connectivity index (χ1v) is 10.5. The number of hydroxylamine groups is 1. The van der Waals surface area contributed by atoms with Gasteiger partial charge in [0, 0.05) is 18.0 Å². The van der Waals surface area contributed by atoms with Gasteiger partial charge >= 0.3 is 0 Å². The van der Waals surface area contributed by atoms with Crippen LogP contribution in [0.3, 0.4) is 0 Å². The molecule has 0 spiro atoms. The number of hydrogen-bond acceptors (Lipinski definition) is 6. The van der Waals surface area contributed by atoms with Crippen molar-refractivity contribution in [3.05, 3.63) is 42.2 Å². The Morgan fingerprint density at radius 1 is 1.21 bits per heavy atom. The molecule has 2 rings (SSSR count). The quantitative estimate of drug-likeness (QED) is 0.409. The third-order valence-corrected chi connectivity index (χ3v) is 6.86. The van der Waals surface area contributed by atoms with Crippen molar-refractivity contribution in [1.29, 1.82) is 0 Å². The van der Waals surface area contributed by atoms with Crippen molar-refractivity contribution >= 4 is 15.7 Å². The molecule has 9 heteroatoms. The summed E-state index contributed by atoms with van der Waals surface area (Å²) in [4.78, 5) is 15.3. The van der Waals surface area contributed by atoms with Gasteiger partial charge in [-0.25, -0.2) is 13.9 Å². The van der Waals surface area contributed by atoms with Crippen molar-refractivity contribution in [2.75, 3.05) is 14.2 Å². The van der Waals surface area contributed by atoms with E-state index in [1.165, 1.54) is 32.4 Å². The first-order valence-electron chi connectivity index (χ1n) is 8.93. The van der Waals surface area contributed by atoms with E-state index in [4.69, 9.17) is 9.47 Å². The Balaban J connectivity index is 2.58. The molecule has 0 aliphatic rings. The minimum Gasteiger partial charge on any atom is -0.493 e. The number of benzene rings is 1. The number of hydrogen-bond donors (Lipinski definition) is 3. The molecule has 3 N–H and O–H groups in total. The summed E-state index contributed by atoms with van der Waals surface area (Å²) in [6, 6.07) is 7.63. The van der Waals surface area contributed by atoms with E-state index in [-0.39, 0.29) is 17.1 Å². The molecule has 28 heavy (non-hydrogen) atoms. The van der Waals surface area contributed by atoms with Gasteiger partial charge in [0.1, 0.15) is 0 Å². The number of H-pyrrole nitrogens is 1. The molecule has 0 bridgehead atoms. The zero-order chi connectivity index (χ0) is 20.7. The molecular weight excluding hydrogens is 384 g/mol. The third kappa shape index (κ3) is 4.48. The zero-order valence-electron chi connectivity index (χ0n) is 16.1. The second-order valence-corrected chi connectivity index (χ2v) is 8.49. The minimum atomic E-state index is -3.94. The van der Waals surface area contributed by atoms with Gasteiger partial charge in [0.25, 0.3) is 5.91 Å². The van der Waals surface area contributed by atoms with Gasteiger partial charge in [-0.15, -0.1) is 0 Å². The first kappa shape index (κ1) is 21.8. The van der Waals surface area contributed by atoms with Gasteiger partial charge in [-0.05, 0) is 30.7 Å². The van der Waals surface area contributed by atoms with Crippen molar-refractivity contribution in [2.24, 2.45) is 0 Å². The molecule has 1 amide bonds. The number of unbranched alkanes of at least 4 members (excludes halogenated alkanes) is 1. The van der Waals surface area contributed by atoms with Crippen LogP contribution in [0.2, 0.25) is 0 Å². The van der Waals surface area contributed by atoms with Crippen molar-refractivity contribution in [2.45, 2.75) is 42.2 Å². The number of nitrogens with one attached hydrogen (secondary N) is 2. The molecule has 2 aromatic rings. The number of carbonyl (C=O) groups is 1. The molecule has 0 saturated carbocycles. The van der Waals surface area contributed by atoms with E-state index in [0.29, 0.717) is 17.9 Å². The van der Waals surface area contributed by atoms with Crippen molar-refractivity contribution in [3.63, 3.8) is 0 Å². The van der Waals surface area contributed by atoms with E-state index in [1.807, 2.05) is 6.92 Å². The fraction of sp³-hybridized carbons (Fsp3) is 0.421. The molecule has 2 atom stereocenters. The Morgan fingerprint density at radius 2 is 1.93 bits per heavy atom. The van der Waals surface area contributed by atoms with Crippen LogP contribution in [-0.2, 0) is 14.6 Å². The molecule has 8 nitrogen and oxygen atoms in total. The Labute approximate surface area is 164 Å². The second kappa shape index (κ2) is 9.61. The largest absolute Gasteiger partial charge is 0.493 e. The molecule has 1 heterocycles. The highest BCUT2D eigenvalue weighted by Crippen LogP contribution is 2.36. The molecule has 1 aromatic carbocycles. The van der Waals surface area contributed by atoms with E-state index in [0.717, 1.165) is 6.42 Å². The van der Waals surface area contributed by atoms with Crippen LogP contribution < -0.4 is 15.0 Å². The van der Waals surface area contributed by atoms with Crippen LogP contribution >= 0.6 is 0 Å². The predicted octanol–water partition coefficient (Wildman–Crippen LogP) is 2.65.